The Labute approximate surface area is 251 Å². The van der Waals surface area contributed by atoms with E-state index >= 15 is 0 Å². The first kappa shape index (κ1) is 25.1. The fourth-order valence-electron chi connectivity index (χ4n) is 6.43. The van der Waals surface area contributed by atoms with Gasteiger partial charge in [-0.15, -0.1) is 0 Å². The van der Waals surface area contributed by atoms with Crippen LogP contribution in [0, 0.1) is 13.8 Å². The Bertz CT molecular complexity index is 2110. The summed E-state index contributed by atoms with van der Waals surface area (Å²) in [5.41, 5.74) is 15.4. The molecule has 42 heavy (non-hydrogen) atoms. The second-order valence-electron chi connectivity index (χ2n) is 11.0. The SMILES string of the molecule is Cc1cc2c(c(-c3nnnc(-c4ccccc4-c4ccccc4)c3-c3cc4ccccc4[se]3)c1C)Cc1ccccc1-2. The molecule has 0 N–H and O–H groups in total. The molecular weight excluding hydrogens is 577 g/mol. The van der Waals surface area contributed by atoms with Crippen molar-refractivity contribution in [3.05, 3.63) is 138 Å². The van der Waals surface area contributed by atoms with Gasteiger partial charge in [-0.05, 0) is 0 Å². The van der Waals surface area contributed by atoms with Crippen LogP contribution in [0.5, 0.6) is 0 Å². The first-order valence-corrected chi connectivity index (χ1v) is 16.0. The van der Waals surface area contributed by atoms with Gasteiger partial charge in [0.2, 0.25) is 0 Å². The predicted octanol–water partition coefficient (Wildman–Crippen LogP) is 8.94. The summed E-state index contributed by atoms with van der Waals surface area (Å²) in [6, 6.07) is 41.4. The average molecular weight is 605 g/mol. The van der Waals surface area contributed by atoms with Crippen molar-refractivity contribution in [2.75, 3.05) is 0 Å². The number of nitrogens with zero attached hydrogens (tertiary/aromatic N) is 3. The predicted molar refractivity (Wildman–Crippen MR) is 174 cm³/mol. The van der Waals surface area contributed by atoms with Gasteiger partial charge >= 0.3 is 252 Å². The third kappa shape index (κ3) is 3.99. The van der Waals surface area contributed by atoms with Gasteiger partial charge in [0.15, 0.2) is 0 Å². The molecule has 0 atom stereocenters. The van der Waals surface area contributed by atoms with E-state index in [4.69, 9.17) is 10.2 Å². The summed E-state index contributed by atoms with van der Waals surface area (Å²) in [4.78, 5) is 0. The van der Waals surface area contributed by atoms with Crippen LogP contribution in [0.1, 0.15) is 22.3 Å². The van der Waals surface area contributed by atoms with Crippen LogP contribution in [0.2, 0.25) is 0 Å². The second-order valence-corrected chi connectivity index (χ2v) is 13.2. The van der Waals surface area contributed by atoms with Crippen molar-refractivity contribution in [1.82, 2.24) is 15.4 Å². The molecule has 0 radical (unpaired) electrons. The molecule has 0 fully saturated rings. The van der Waals surface area contributed by atoms with Crippen molar-refractivity contribution >= 4 is 24.1 Å². The number of aromatic nitrogens is 3. The van der Waals surface area contributed by atoms with Crippen molar-refractivity contribution in [2.45, 2.75) is 20.3 Å². The fourth-order valence-corrected chi connectivity index (χ4v) is 8.76. The molecule has 0 saturated carbocycles. The molecule has 0 spiro atoms. The topological polar surface area (TPSA) is 38.7 Å². The number of hydrogen-bond donors (Lipinski definition) is 0. The summed E-state index contributed by atoms with van der Waals surface area (Å²) < 4.78 is 2.69. The Kier molecular flexibility index (Phi) is 5.99. The van der Waals surface area contributed by atoms with Crippen molar-refractivity contribution in [1.29, 1.82) is 0 Å². The first-order chi connectivity index (χ1) is 20.7. The second kappa shape index (κ2) is 10.0. The Morgan fingerprint density at radius 1 is 0.595 bits per heavy atom. The van der Waals surface area contributed by atoms with Crippen molar-refractivity contribution in [3.8, 4) is 54.8 Å². The van der Waals surface area contributed by atoms with Crippen LogP contribution in [0.25, 0.3) is 64.4 Å². The van der Waals surface area contributed by atoms with E-state index in [-0.39, 0.29) is 14.5 Å². The van der Waals surface area contributed by atoms with Crippen molar-refractivity contribution in [3.63, 3.8) is 0 Å². The molecule has 0 unspecified atom stereocenters. The number of rotatable bonds is 4. The Hall–Kier alpha value is -4.63. The number of aryl methyl sites for hydroxylation is 1. The maximum absolute atomic E-state index is 4.90. The molecule has 7 aromatic rings. The van der Waals surface area contributed by atoms with Crippen LogP contribution < -0.4 is 0 Å². The van der Waals surface area contributed by atoms with Crippen LogP contribution in [-0.2, 0) is 6.42 Å². The van der Waals surface area contributed by atoms with E-state index < -0.39 is 0 Å². The molecule has 8 rings (SSSR count). The van der Waals surface area contributed by atoms with E-state index in [9.17, 15) is 0 Å². The van der Waals surface area contributed by atoms with Gasteiger partial charge in [0, 0.05) is 0 Å². The third-order valence-corrected chi connectivity index (χ3v) is 10.9. The van der Waals surface area contributed by atoms with E-state index in [1.54, 1.807) is 0 Å². The van der Waals surface area contributed by atoms with Gasteiger partial charge in [0.25, 0.3) is 0 Å². The summed E-state index contributed by atoms with van der Waals surface area (Å²) in [5, 5.41) is 15.5. The van der Waals surface area contributed by atoms with E-state index in [1.807, 2.05) is 0 Å². The van der Waals surface area contributed by atoms with Crippen LogP contribution in [-0.4, -0.2) is 29.9 Å². The molecule has 200 valence electrons. The van der Waals surface area contributed by atoms with Crippen LogP contribution in [0.4, 0.5) is 0 Å². The molecule has 1 aliphatic rings. The van der Waals surface area contributed by atoms with E-state index in [0.29, 0.717) is 0 Å². The normalized spacial score (nSPS) is 12.0. The maximum atomic E-state index is 4.90. The number of benzene rings is 5. The monoisotopic (exact) mass is 605 g/mol. The Morgan fingerprint density at radius 2 is 1.29 bits per heavy atom. The fraction of sp³-hybridized carbons (Fsp3) is 0.0789. The van der Waals surface area contributed by atoms with Crippen LogP contribution in [0.3, 0.4) is 0 Å². The third-order valence-electron chi connectivity index (χ3n) is 8.57. The van der Waals surface area contributed by atoms with Gasteiger partial charge in [-0.1, -0.05) is 0 Å². The average Bonchev–Trinajstić information content (AvgIpc) is 3.63. The van der Waals surface area contributed by atoms with E-state index in [2.05, 4.69) is 134 Å². The van der Waals surface area contributed by atoms with Crippen molar-refractivity contribution in [2.24, 2.45) is 0 Å². The van der Waals surface area contributed by atoms with Crippen LogP contribution >= 0.6 is 0 Å². The molecule has 2 heterocycles. The Balaban J connectivity index is 1.46. The number of hydrogen-bond acceptors (Lipinski definition) is 3. The molecule has 0 saturated heterocycles. The van der Waals surface area contributed by atoms with Gasteiger partial charge in [0.05, 0.1) is 0 Å². The van der Waals surface area contributed by atoms with Gasteiger partial charge in [-0.2, -0.15) is 0 Å². The summed E-state index contributed by atoms with van der Waals surface area (Å²) >= 11 is 0.121. The minimum atomic E-state index is 0.121. The zero-order chi connectivity index (χ0) is 28.2. The summed E-state index contributed by atoms with van der Waals surface area (Å²) in [7, 11) is 0. The molecule has 0 bridgehead atoms. The van der Waals surface area contributed by atoms with E-state index in [1.165, 1.54) is 53.0 Å². The zero-order valence-corrected chi connectivity index (χ0v) is 25.1. The zero-order valence-electron chi connectivity index (χ0n) is 23.4. The molecule has 0 aliphatic heterocycles. The molecule has 0 amide bonds. The van der Waals surface area contributed by atoms with E-state index in [0.717, 1.165) is 40.1 Å². The Morgan fingerprint density at radius 3 is 2.12 bits per heavy atom. The summed E-state index contributed by atoms with van der Waals surface area (Å²) in [6.45, 7) is 4.45. The van der Waals surface area contributed by atoms with Gasteiger partial charge in [-0.25, -0.2) is 0 Å². The standard InChI is InChI=1S/C38H27N3Se/c1-23-20-31-29-17-8-6-14-26(29)21-32(31)35(24(23)2)38-36(34-22-27-15-7-11-19-33(27)42-34)37(39-41-40-38)30-18-10-9-16-28(30)25-12-4-3-5-13-25/h3-20,22H,21H2,1-2H3. The van der Waals surface area contributed by atoms with Crippen molar-refractivity contribution < 1.29 is 0 Å². The quantitative estimate of drug-likeness (QED) is 0.188. The van der Waals surface area contributed by atoms with Gasteiger partial charge in [-0.3, -0.25) is 0 Å². The molecule has 3 nitrogen and oxygen atoms in total. The summed E-state index contributed by atoms with van der Waals surface area (Å²) in [6.07, 6.45) is 0.895. The molecule has 4 heteroatoms. The molecule has 1 aliphatic carbocycles. The molecule has 2 aromatic heterocycles. The first-order valence-electron chi connectivity index (χ1n) is 14.3. The van der Waals surface area contributed by atoms with Gasteiger partial charge in [0.1, 0.15) is 0 Å². The minimum absolute atomic E-state index is 0.121. The number of fused-ring (bicyclic) bond motifs is 4. The summed E-state index contributed by atoms with van der Waals surface area (Å²) in [5.74, 6) is 0. The van der Waals surface area contributed by atoms with Gasteiger partial charge < -0.3 is 0 Å². The van der Waals surface area contributed by atoms with Crippen LogP contribution in [0.15, 0.2) is 115 Å². The molecule has 5 aromatic carbocycles. The molecular formula is C38H27N3Se.